The number of rotatable bonds is 7. The molecule has 1 saturated carbocycles. The van der Waals surface area contributed by atoms with Gasteiger partial charge in [0.05, 0.1) is 10.9 Å². The molecule has 1 amide bonds. The van der Waals surface area contributed by atoms with Crippen LogP contribution in [0.2, 0.25) is 0 Å². The van der Waals surface area contributed by atoms with Gasteiger partial charge in [-0.2, -0.15) is 9.97 Å². The second-order valence-corrected chi connectivity index (χ2v) is 12.5. The van der Waals surface area contributed by atoms with Gasteiger partial charge < -0.3 is 30.6 Å². The van der Waals surface area contributed by atoms with E-state index in [2.05, 4.69) is 32.9 Å². The second kappa shape index (κ2) is 12.1. The van der Waals surface area contributed by atoms with Crippen molar-refractivity contribution in [1.82, 2.24) is 25.2 Å². The summed E-state index contributed by atoms with van der Waals surface area (Å²) in [6.07, 6.45) is 6.79. The van der Waals surface area contributed by atoms with Crippen molar-refractivity contribution in [2.45, 2.75) is 89.9 Å². The van der Waals surface area contributed by atoms with E-state index in [9.17, 15) is 9.59 Å². The molecule has 10 nitrogen and oxygen atoms in total. The predicted molar refractivity (Wildman–Crippen MR) is 162 cm³/mol. The van der Waals surface area contributed by atoms with E-state index in [0.29, 0.717) is 40.0 Å². The van der Waals surface area contributed by atoms with Crippen LogP contribution in [0.25, 0.3) is 11.0 Å². The molecule has 5 rings (SSSR count). The third-order valence-corrected chi connectivity index (χ3v) is 8.01. The Morgan fingerprint density at radius 2 is 1.59 bits per heavy atom. The lowest BCUT2D eigenvalue weighted by molar-refractivity contribution is 0.0492. The first-order valence-electron chi connectivity index (χ1n) is 14.8. The van der Waals surface area contributed by atoms with Crippen LogP contribution >= 0.6 is 0 Å². The Kier molecular flexibility index (Phi) is 8.49. The third kappa shape index (κ3) is 7.16. The van der Waals surface area contributed by atoms with Crippen LogP contribution in [-0.4, -0.2) is 75.6 Å². The average molecular weight is 562 g/mol. The number of H-pyrrole nitrogens is 1. The number of nitrogens with zero attached hydrogens (tertiary/aromatic N) is 3. The molecular formula is C31H43N7O3. The van der Waals surface area contributed by atoms with E-state index in [-0.39, 0.29) is 24.0 Å². The zero-order chi connectivity index (χ0) is 29.1. The number of piperidine rings is 1. The highest BCUT2D eigenvalue weighted by molar-refractivity contribution is 6.18. The average Bonchev–Trinajstić information content (AvgIpc) is 3.34. The van der Waals surface area contributed by atoms with E-state index >= 15 is 0 Å². The number of aryl methyl sites for hydroxylation is 1. The summed E-state index contributed by atoms with van der Waals surface area (Å²) in [5, 5.41) is 10.9. The molecular weight excluding hydrogens is 518 g/mol. The molecule has 1 aromatic carbocycles. The molecule has 0 spiro atoms. The number of hydrogen-bond acceptors (Lipinski definition) is 8. The molecule has 0 atom stereocenters. The Morgan fingerprint density at radius 3 is 2.27 bits per heavy atom. The molecule has 0 bridgehead atoms. The number of aromatic nitrogens is 3. The normalized spacial score (nSPS) is 20.5. The number of ether oxygens (including phenoxy) is 1. The smallest absolute Gasteiger partial charge is 0.407 e. The molecule has 0 radical (unpaired) electrons. The molecule has 41 heavy (non-hydrogen) atoms. The number of amides is 1. The summed E-state index contributed by atoms with van der Waals surface area (Å²) in [5.41, 5.74) is 2.27. The summed E-state index contributed by atoms with van der Waals surface area (Å²) in [4.78, 5) is 41.3. The van der Waals surface area contributed by atoms with Crippen molar-refractivity contribution in [2.24, 2.45) is 0 Å². The van der Waals surface area contributed by atoms with Gasteiger partial charge in [-0.3, -0.25) is 4.79 Å². The van der Waals surface area contributed by atoms with Crippen LogP contribution in [0.4, 0.5) is 16.6 Å². The molecule has 0 unspecified atom stereocenters. The van der Waals surface area contributed by atoms with Gasteiger partial charge in [-0.15, -0.1) is 0 Å². The SMILES string of the molecule is Cc1ccccc1C(=O)c1c[nH]c2nc(NC3CCN(C)CC3)nc(NC3CCC(NC(=O)OC(C)(C)C)CC3)c12. The Hall–Kier alpha value is -3.66. The molecule has 2 fully saturated rings. The van der Waals surface area contributed by atoms with Gasteiger partial charge in [0, 0.05) is 29.9 Å². The number of carbonyl (C=O) groups excluding carboxylic acids is 2. The molecule has 2 aliphatic rings. The minimum Gasteiger partial charge on any atom is -0.444 e. The van der Waals surface area contributed by atoms with Gasteiger partial charge >= 0.3 is 6.09 Å². The molecule has 4 N–H and O–H groups in total. The van der Waals surface area contributed by atoms with Gasteiger partial charge in [-0.1, -0.05) is 24.3 Å². The van der Waals surface area contributed by atoms with E-state index in [0.717, 1.165) is 57.2 Å². The largest absolute Gasteiger partial charge is 0.444 e. The van der Waals surface area contributed by atoms with Crippen LogP contribution in [0.3, 0.4) is 0 Å². The first kappa shape index (κ1) is 28.9. The van der Waals surface area contributed by atoms with Gasteiger partial charge in [0.25, 0.3) is 0 Å². The summed E-state index contributed by atoms with van der Waals surface area (Å²) in [5.74, 6) is 1.17. The van der Waals surface area contributed by atoms with Gasteiger partial charge in [0.2, 0.25) is 5.95 Å². The molecule has 1 aliphatic heterocycles. The van der Waals surface area contributed by atoms with Crippen LogP contribution in [0, 0.1) is 6.92 Å². The van der Waals surface area contributed by atoms with Crippen LogP contribution in [0.15, 0.2) is 30.5 Å². The van der Waals surface area contributed by atoms with E-state index in [4.69, 9.17) is 14.7 Å². The number of hydrogen-bond donors (Lipinski definition) is 4. The van der Waals surface area contributed by atoms with Crippen LogP contribution in [-0.2, 0) is 4.74 Å². The fourth-order valence-electron chi connectivity index (χ4n) is 5.74. The Bertz CT molecular complexity index is 1380. The molecule has 10 heteroatoms. The van der Waals surface area contributed by atoms with Gasteiger partial charge in [0.1, 0.15) is 17.1 Å². The van der Waals surface area contributed by atoms with Crippen molar-refractivity contribution in [3.8, 4) is 0 Å². The summed E-state index contributed by atoms with van der Waals surface area (Å²) in [7, 11) is 2.14. The first-order valence-corrected chi connectivity index (χ1v) is 14.8. The van der Waals surface area contributed by atoms with Gasteiger partial charge in [-0.25, -0.2) is 4.79 Å². The number of alkyl carbamates (subject to hydrolysis) is 1. The van der Waals surface area contributed by atoms with E-state index in [1.807, 2.05) is 52.0 Å². The van der Waals surface area contributed by atoms with E-state index in [1.54, 1.807) is 6.20 Å². The number of carbonyl (C=O) groups is 2. The lowest BCUT2D eigenvalue weighted by Gasteiger charge is -2.31. The molecule has 3 aromatic rings. The van der Waals surface area contributed by atoms with Crippen molar-refractivity contribution in [3.63, 3.8) is 0 Å². The fraction of sp³-hybridized carbons (Fsp3) is 0.548. The number of likely N-dealkylation sites (tertiary alicyclic amines) is 1. The number of anilines is 2. The van der Waals surface area contributed by atoms with Crippen molar-refractivity contribution < 1.29 is 14.3 Å². The Labute approximate surface area is 242 Å². The number of ketones is 1. The van der Waals surface area contributed by atoms with Gasteiger partial charge in [0.15, 0.2) is 5.78 Å². The van der Waals surface area contributed by atoms with E-state index in [1.165, 1.54) is 0 Å². The topological polar surface area (TPSA) is 124 Å². The van der Waals surface area contributed by atoms with Crippen molar-refractivity contribution in [3.05, 3.63) is 47.2 Å². The van der Waals surface area contributed by atoms with Crippen LogP contribution < -0.4 is 16.0 Å². The Morgan fingerprint density at radius 1 is 0.927 bits per heavy atom. The van der Waals surface area contributed by atoms with Crippen molar-refractivity contribution in [2.75, 3.05) is 30.8 Å². The maximum atomic E-state index is 13.7. The van der Waals surface area contributed by atoms with E-state index < -0.39 is 5.60 Å². The summed E-state index contributed by atoms with van der Waals surface area (Å²) in [6, 6.07) is 8.15. The number of fused-ring (bicyclic) bond motifs is 1. The highest BCUT2D eigenvalue weighted by atomic mass is 16.6. The predicted octanol–water partition coefficient (Wildman–Crippen LogP) is 5.25. The van der Waals surface area contributed by atoms with Crippen LogP contribution in [0.5, 0.6) is 0 Å². The highest BCUT2D eigenvalue weighted by Crippen LogP contribution is 2.31. The first-order chi connectivity index (χ1) is 19.6. The lowest BCUT2D eigenvalue weighted by atomic mass is 9.91. The molecule has 1 saturated heterocycles. The number of benzene rings is 1. The minimum absolute atomic E-state index is 0.0534. The maximum Gasteiger partial charge on any atom is 0.407 e. The van der Waals surface area contributed by atoms with Crippen molar-refractivity contribution >= 4 is 34.7 Å². The van der Waals surface area contributed by atoms with Crippen LogP contribution in [0.1, 0.15) is 80.8 Å². The fourth-order valence-corrected chi connectivity index (χ4v) is 5.74. The Balaban J connectivity index is 1.37. The monoisotopic (exact) mass is 561 g/mol. The quantitative estimate of drug-likeness (QED) is 0.288. The number of aromatic amines is 1. The molecule has 220 valence electrons. The third-order valence-electron chi connectivity index (χ3n) is 8.01. The maximum absolute atomic E-state index is 13.7. The highest BCUT2D eigenvalue weighted by Gasteiger charge is 2.28. The molecule has 1 aliphatic carbocycles. The zero-order valence-electron chi connectivity index (χ0n) is 24.8. The lowest BCUT2D eigenvalue weighted by Crippen LogP contribution is -2.42. The number of nitrogens with one attached hydrogen (secondary N) is 4. The molecule has 2 aromatic heterocycles. The standard InChI is InChI=1S/C31H43N7O3/c1-19-8-6-7-9-23(19)26(39)24-18-32-27-25(24)28(37-29(36-27)34-22-14-16-38(5)17-15-22)33-20-10-12-21(13-11-20)35-30(40)41-31(2,3)4/h6-9,18,20-22H,10-17H2,1-5H3,(H,35,40)(H3,32,33,34,36,37). The van der Waals surface area contributed by atoms with Gasteiger partial charge in [-0.05, 0) is 91.9 Å². The van der Waals surface area contributed by atoms with Crippen molar-refractivity contribution in [1.29, 1.82) is 0 Å². The zero-order valence-corrected chi connectivity index (χ0v) is 24.8. The summed E-state index contributed by atoms with van der Waals surface area (Å²) in [6.45, 7) is 9.61. The second-order valence-electron chi connectivity index (χ2n) is 12.5. The molecule has 3 heterocycles. The summed E-state index contributed by atoms with van der Waals surface area (Å²) < 4.78 is 5.44. The minimum atomic E-state index is -0.523. The summed E-state index contributed by atoms with van der Waals surface area (Å²) >= 11 is 0.